The standard InChI is InChI=1S/C46H46B2O2/c1-31-27-39(35-15-11-9-12-16-35)28-32(2)43(31)47(44-33(3)29-40(30-34(44)4)36-17-13-10-14-18-36)41-23-19-37(20-24-41)38-21-25-42(26-22-38)48-49-45(5,6)46(7,8)50-48/h9-30H,1-8H3. The minimum absolute atomic E-state index is 0.0874. The molecule has 7 rings (SSSR count). The fourth-order valence-electron chi connectivity index (χ4n) is 7.61. The van der Waals surface area contributed by atoms with Gasteiger partial charge in [0.05, 0.1) is 11.2 Å². The van der Waals surface area contributed by atoms with Gasteiger partial charge in [-0.05, 0) is 94.2 Å². The van der Waals surface area contributed by atoms with Crippen molar-refractivity contribution in [1.29, 1.82) is 0 Å². The van der Waals surface area contributed by atoms with Crippen molar-refractivity contribution in [2.75, 3.05) is 0 Å². The van der Waals surface area contributed by atoms with Gasteiger partial charge in [0.25, 0.3) is 0 Å². The van der Waals surface area contributed by atoms with Crippen LogP contribution in [-0.2, 0) is 9.31 Å². The van der Waals surface area contributed by atoms with Crippen molar-refractivity contribution in [3.63, 3.8) is 0 Å². The van der Waals surface area contributed by atoms with Gasteiger partial charge in [0.1, 0.15) is 0 Å². The summed E-state index contributed by atoms with van der Waals surface area (Å²) in [7, 11) is -0.364. The van der Waals surface area contributed by atoms with Gasteiger partial charge in [-0.1, -0.05) is 172 Å². The maximum Gasteiger partial charge on any atom is 0.494 e. The SMILES string of the molecule is Cc1cc(-c2ccccc2)cc(C)c1B(c1ccc(-c2ccc(B3OC(C)(C)C(C)(C)O3)cc2)cc1)c1c(C)cc(-c2ccccc2)cc1C. The summed E-state index contributed by atoms with van der Waals surface area (Å²) in [5.41, 5.74) is 17.0. The molecular formula is C46H46B2O2. The van der Waals surface area contributed by atoms with Crippen molar-refractivity contribution >= 4 is 35.7 Å². The minimum atomic E-state index is -0.364. The molecule has 0 saturated carbocycles. The van der Waals surface area contributed by atoms with Crippen LogP contribution in [-0.4, -0.2) is 25.0 Å². The molecule has 4 heteroatoms. The van der Waals surface area contributed by atoms with Gasteiger partial charge in [0.2, 0.25) is 6.71 Å². The lowest BCUT2D eigenvalue weighted by atomic mass is 9.34. The Kier molecular flexibility index (Phi) is 8.97. The van der Waals surface area contributed by atoms with Crippen molar-refractivity contribution in [1.82, 2.24) is 0 Å². The van der Waals surface area contributed by atoms with E-state index in [1.165, 1.54) is 72.0 Å². The van der Waals surface area contributed by atoms with Crippen LogP contribution in [0.1, 0.15) is 49.9 Å². The number of aryl methyl sites for hydroxylation is 4. The third-order valence-electron chi connectivity index (χ3n) is 11.0. The summed E-state index contributed by atoms with van der Waals surface area (Å²) in [6.07, 6.45) is 0. The highest BCUT2D eigenvalue weighted by Gasteiger charge is 2.51. The summed E-state index contributed by atoms with van der Waals surface area (Å²) in [5, 5.41) is 0. The molecule has 0 amide bonds. The summed E-state index contributed by atoms with van der Waals surface area (Å²) in [5.74, 6) is 0. The fraction of sp³-hybridized carbons (Fsp3) is 0.217. The summed E-state index contributed by atoms with van der Waals surface area (Å²) >= 11 is 0. The Bertz CT molecular complexity index is 1980. The quantitative estimate of drug-likeness (QED) is 0.161. The Morgan fingerprint density at radius 2 is 0.760 bits per heavy atom. The second kappa shape index (κ2) is 13.2. The molecule has 0 aliphatic carbocycles. The van der Waals surface area contributed by atoms with Gasteiger partial charge in [-0.2, -0.15) is 0 Å². The molecule has 1 heterocycles. The van der Waals surface area contributed by atoms with Gasteiger partial charge in [0, 0.05) is 0 Å². The predicted octanol–water partition coefficient (Wildman–Crippen LogP) is 8.74. The zero-order chi connectivity index (χ0) is 35.2. The average Bonchev–Trinajstić information content (AvgIpc) is 3.33. The molecule has 0 aromatic heterocycles. The van der Waals surface area contributed by atoms with Crippen molar-refractivity contribution in [2.24, 2.45) is 0 Å². The number of hydrogen-bond donors (Lipinski definition) is 0. The topological polar surface area (TPSA) is 18.5 Å². The van der Waals surface area contributed by atoms with E-state index >= 15 is 0 Å². The first kappa shape index (κ1) is 33.8. The lowest BCUT2D eigenvalue weighted by molar-refractivity contribution is 0.00578. The largest absolute Gasteiger partial charge is 0.494 e. The third kappa shape index (κ3) is 6.39. The van der Waals surface area contributed by atoms with Gasteiger partial charge >= 0.3 is 7.12 Å². The molecule has 6 aromatic rings. The van der Waals surface area contributed by atoms with Gasteiger partial charge in [-0.25, -0.2) is 0 Å². The first-order valence-corrected chi connectivity index (χ1v) is 17.8. The molecule has 1 saturated heterocycles. The van der Waals surface area contributed by atoms with Crippen molar-refractivity contribution in [3.05, 3.63) is 156 Å². The van der Waals surface area contributed by atoms with Crippen LogP contribution in [0.2, 0.25) is 0 Å². The van der Waals surface area contributed by atoms with Crippen LogP contribution in [0.5, 0.6) is 0 Å². The van der Waals surface area contributed by atoms with E-state index in [4.69, 9.17) is 9.31 Å². The number of hydrogen-bond acceptors (Lipinski definition) is 2. The molecule has 0 spiro atoms. The van der Waals surface area contributed by atoms with Gasteiger partial charge < -0.3 is 9.31 Å². The van der Waals surface area contributed by atoms with Gasteiger partial charge in [-0.15, -0.1) is 0 Å². The van der Waals surface area contributed by atoms with Crippen LogP contribution in [0, 0.1) is 27.7 Å². The summed E-state index contributed by atoms with van der Waals surface area (Å²) in [4.78, 5) is 0. The first-order chi connectivity index (χ1) is 23.9. The minimum Gasteiger partial charge on any atom is -0.399 e. The molecule has 1 aliphatic rings. The predicted molar refractivity (Wildman–Crippen MR) is 215 cm³/mol. The maximum absolute atomic E-state index is 6.30. The zero-order valence-electron chi connectivity index (χ0n) is 30.7. The van der Waals surface area contributed by atoms with Gasteiger partial charge in [-0.3, -0.25) is 0 Å². The molecule has 50 heavy (non-hydrogen) atoms. The van der Waals surface area contributed by atoms with E-state index in [0.717, 1.165) is 5.46 Å². The van der Waals surface area contributed by atoms with Crippen LogP contribution in [0.25, 0.3) is 33.4 Å². The first-order valence-electron chi connectivity index (χ1n) is 17.8. The lowest BCUT2D eigenvalue weighted by Crippen LogP contribution is -2.55. The van der Waals surface area contributed by atoms with E-state index in [-0.39, 0.29) is 25.0 Å². The molecule has 6 aromatic carbocycles. The molecular weight excluding hydrogens is 606 g/mol. The second-order valence-corrected chi connectivity index (χ2v) is 15.0. The van der Waals surface area contributed by atoms with E-state index in [0.29, 0.717) is 0 Å². The summed E-state index contributed by atoms with van der Waals surface area (Å²) < 4.78 is 12.6. The van der Waals surface area contributed by atoms with E-state index in [1.807, 2.05) is 0 Å². The second-order valence-electron chi connectivity index (χ2n) is 15.0. The Morgan fingerprint density at radius 3 is 1.14 bits per heavy atom. The van der Waals surface area contributed by atoms with Gasteiger partial charge in [0.15, 0.2) is 0 Å². The van der Waals surface area contributed by atoms with Crippen molar-refractivity contribution in [3.8, 4) is 33.4 Å². The highest BCUT2D eigenvalue weighted by molar-refractivity contribution is 6.96. The molecule has 0 N–H and O–H groups in total. The van der Waals surface area contributed by atoms with Crippen molar-refractivity contribution < 1.29 is 9.31 Å². The molecule has 0 bridgehead atoms. The Labute approximate surface area is 299 Å². The molecule has 1 fully saturated rings. The molecule has 2 nitrogen and oxygen atoms in total. The van der Waals surface area contributed by atoms with E-state index < -0.39 is 0 Å². The number of benzene rings is 6. The summed E-state index contributed by atoms with van der Waals surface area (Å²) in [6, 6.07) is 48.7. The monoisotopic (exact) mass is 652 g/mol. The highest BCUT2D eigenvalue weighted by Crippen LogP contribution is 2.36. The maximum atomic E-state index is 6.30. The molecule has 1 aliphatic heterocycles. The van der Waals surface area contributed by atoms with E-state index in [9.17, 15) is 0 Å². The van der Waals surface area contributed by atoms with Crippen LogP contribution in [0.4, 0.5) is 0 Å². The fourth-order valence-corrected chi connectivity index (χ4v) is 7.61. The number of rotatable bonds is 7. The molecule has 0 radical (unpaired) electrons. The molecule has 0 unspecified atom stereocenters. The average molecular weight is 652 g/mol. The van der Waals surface area contributed by atoms with E-state index in [1.54, 1.807) is 0 Å². The molecule has 248 valence electrons. The van der Waals surface area contributed by atoms with Crippen LogP contribution in [0.15, 0.2) is 133 Å². The normalized spacial score (nSPS) is 14.9. The van der Waals surface area contributed by atoms with Crippen LogP contribution in [0.3, 0.4) is 0 Å². The zero-order valence-corrected chi connectivity index (χ0v) is 30.7. The van der Waals surface area contributed by atoms with Crippen LogP contribution < -0.4 is 21.9 Å². The van der Waals surface area contributed by atoms with Crippen molar-refractivity contribution in [2.45, 2.75) is 66.6 Å². The lowest BCUT2D eigenvalue weighted by Gasteiger charge is -2.32. The summed E-state index contributed by atoms with van der Waals surface area (Å²) in [6.45, 7) is 17.6. The molecule has 0 atom stereocenters. The Hall–Kier alpha value is -4.63. The Morgan fingerprint density at radius 1 is 0.420 bits per heavy atom. The van der Waals surface area contributed by atoms with Crippen LogP contribution >= 0.6 is 0 Å². The Balaban J connectivity index is 1.28. The highest BCUT2D eigenvalue weighted by atomic mass is 16.7. The third-order valence-corrected chi connectivity index (χ3v) is 11.0. The van der Waals surface area contributed by atoms with E-state index in [2.05, 4.69) is 189 Å². The smallest absolute Gasteiger partial charge is 0.399 e.